The van der Waals surface area contributed by atoms with Crippen LogP contribution in [0.2, 0.25) is 10.0 Å². The highest BCUT2D eigenvalue weighted by Gasteiger charge is 2.24. The topological polar surface area (TPSA) is 41.4 Å². The molecule has 0 aliphatic carbocycles. The van der Waals surface area contributed by atoms with Crippen LogP contribution >= 0.6 is 23.2 Å². The van der Waals surface area contributed by atoms with E-state index in [0.717, 1.165) is 5.56 Å². The third-order valence-corrected chi connectivity index (χ3v) is 6.99. The molecular weight excluding hydrogens is 493 g/mol. The monoisotopic (exact) mass is 514 g/mol. The quantitative estimate of drug-likeness (QED) is 0.350. The van der Waals surface area contributed by atoms with E-state index >= 15 is 0 Å². The number of amides is 1. The lowest BCUT2D eigenvalue weighted by atomic mass is 10.1. The van der Waals surface area contributed by atoms with E-state index in [2.05, 4.69) is 0 Å². The molecule has 1 aliphatic heterocycles. The van der Waals surface area contributed by atoms with Gasteiger partial charge >= 0.3 is 0 Å². The van der Waals surface area contributed by atoms with Crippen LogP contribution < -0.4 is 4.90 Å². The number of benzene rings is 3. The van der Waals surface area contributed by atoms with Crippen molar-refractivity contribution in [2.45, 2.75) is 13.0 Å². The first-order chi connectivity index (χ1) is 16.9. The minimum atomic E-state index is -0.314. The number of hydrogen-bond donors (Lipinski definition) is 0. The maximum absolute atomic E-state index is 14.2. The van der Waals surface area contributed by atoms with Gasteiger partial charge in [0.15, 0.2) is 0 Å². The lowest BCUT2D eigenvalue weighted by Gasteiger charge is -2.36. The maximum atomic E-state index is 14.2. The van der Waals surface area contributed by atoms with Gasteiger partial charge in [-0.15, -0.1) is 0 Å². The number of carbonyl (C=O) groups is 1. The largest absolute Gasteiger partial charge is 0.366 e. The third kappa shape index (κ3) is 4.97. The molecule has 1 amide bonds. The molecular formula is C26H22Cl2F2N4O. The number of piperazine rings is 1. The predicted molar refractivity (Wildman–Crippen MR) is 134 cm³/mol. The number of nitrogens with zero attached hydrogens (tertiary/aromatic N) is 4. The number of rotatable bonds is 5. The van der Waals surface area contributed by atoms with Crippen molar-refractivity contribution in [1.82, 2.24) is 14.5 Å². The zero-order valence-electron chi connectivity index (χ0n) is 18.7. The van der Waals surface area contributed by atoms with Crippen molar-refractivity contribution in [2.75, 3.05) is 31.1 Å². The van der Waals surface area contributed by atoms with Gasteiger partial charge in [0.1, 0.15) is 24.0 Å². The van der Waals surface area contributed by atoms with E-state index in [4.69, 9.17) is 28.2 Å². The molecule has 5 rings (SSSR count). The van der Waals surface area contributed by atoms with Gasteiger partial charge in [-0.3, -0.25) is 4.79 Å². The molecule has 0 unspecified atom stereocenters. The first kappa shape index (κ1) is 23.6. The number of aromatic nitrogens is 2. The second-order valence-corrected chi connectivity index (χ2v) is 9.31. The van der Waals surface area contributed by atoms with Crippen LogP contribution in [0.4, 0.5) is 14.5 Å². The smallest absolute Gasteiger partial charge is 0.242 e. The Balaban J connectivity index is 1.37. The summed E-state index contributed by atoms with van der Waals surface area (Å²) in [6, 6.07) is 16.2. The van der Waals surface area contributed by atoms with Crippen LogP contribution in [0.15, 0.2) is 60.7 Å². The van der Waals surface area contributed by atoms with Gasteiger partial charge < -0.3 is 14.4 Å². The molecule has 9 heteroatoms. The fourth-order valence-electron chi connectivity index (χ4n) is 4.41. The molecule has 1 fully saturated rings. The molecule has 1 saturated heterocycles. The van der Waals surface area contributed by atoms with Gasteiger partial charge in [-0.1, -0.05) is 47.5 Å². The first-order valence-corrected chi connectivity index (χ1v) is 12.0. The minimum Gasteiger partial charge on any atom is -0.366 e. The molecule has 2 heterocycles. The van der Waals surface area contributed by atoms with E-state index in [1.807, 2.05) is 9.47 Å². The van der Waals surface area contributed by atoms with Crippen LogP contribution in [-0.2, 0) is 17.8 Å². The van der Waals surface area contributed by atoms with Gasteiger partial charge in [-0.25, -0.2) is 13.8 Å². The first-order valence-electron chi connectivity index (χ1n) is 11.2. The molecule has 0 atom stereocenters. The number of anilines is 1. The summed E-state index contributed by atoms with van der Waals surface area (Å²) in [5, 5.41) is 0.757. The van der Waals surface area contributed by atoms with Gasteiger partial charge in [0.2, 0.25) is 5.91 Å². The molecule has 0 radical (unpaired) electrons. The predicted octanol–water partition coefficient (Wildman–Crippen LogP) is 5.56. The Kier molecular flexibility index (Phi) is 6.62. The molecule has 1 aromatic heterocycles. The Hall–Kier alpha value is -3.16. The van der Waals surface area contributed by atoms with E-state index in [0.29, 0.717) is 65.2 Å². The second-order valence-electron chi connectivity index (χ2n) is 8.49. The van der Waals surface area contributed by atoms with Gasteiger partial charge in [0, 0.05) is 32.6 Å². The molecule has 3 aromatic carbocycles. The summed E-state index contributed by atoms with van der Waals surface area (Å²) in [7, 11) is 0. The van der Waals surface area contributed by atoms with E-state index in [1.54, 1.807) is 47.4 Å². The Bertz CT molecular complexity index is 1380. The molecule has 0 saturated carbocycles. The highest BCUT2D eigenvalue weighted by molar-refractivity contribution is 6.42. The average Bonchev–Trinajstić information content (AvgIpc) is 3.16. The number of carbonyl (C=O) groups excluding carboxylic acids is 1. The average molecular weight is 515 g/mol. The third-order valence-electron chi connectivity index (χ3n) is 6.26. The minimum absolute atomic E-state index is 0.0658. The van der Waals surface area contributed by atoms with Crippen molar-refractivity contribution < 1.29 is 13.6 Å². The summed E-state index contributed by atoms with van der Waals surface area (Å²) in [6.07, 6.45) is 0.415. The summed E-state index contributed by atoms with van der Waals surface area (Å²) >= 11 is 12.5. The van der Waals surface area contributed by atoms with Crippen molar-refractivity contribution >= 4 is 45.8 Å². The zero-order valence-corrected chi connectivity index (χ0v) is 20.2. The van der Waals surface area contributed by atoms with Crippen LogP contribution in [-0.4, -0.2) is 46.5 Å². The number of hydrogen-bond acceptors (Lipinski definition) is 3. The van der Waals surface area contributed by atoms with Crippen molar-refractivity contribution in [3.63, 3.8) is 0 Å². The Morgan fingerprint density at radius 1 is 0.914 bits per heavy atom. The lowest BCUT2D eigenvalue weighted by Crippen LogP contribution is -2.49. The number of halogens is 4. The van der Waals surface area contributed by atoms with Gasteiger partial charge in [-0.2, -0.15) is 0 Å². The SMILES string of the molecule is O=C(Cn1c(Cc2ccc(F)cc2)nc2cc(Cl)c(Cl)cc21)N1CCN(c2ccccc2F)CC1. The number of fused-ring (bicyclic) bond motifs is 1. The van der Waals surface area contributed by atoms with E-state index < -0.39 is 0 Å². The molecule has 0 N–H and O–H groups in total. The van der Waals surface area contributed by atoms with Gasteiger partial charge in [-0.05, 0) is 42.0 Å². The molecule has 5 nitrogen and oxygen atoms in total. The summed E-state index contributed by atoms with van der Waals surface area (Å²) < 4.78 is 29.4. The summed E-state index contributed by atoms with van der Waals surface area (Å²) in [5.41, 5.74) is 2.75. The number of imidazole rings is 1. The van der Waals surface area contributed by atoms with Crippen molar-refractivity contribution in [1.29, 1.82) is 0 Å². The normalized spacial score (nSPS) is 14.1. The second kappa shape index (κ2) is 9.84. The van der Waals surface area contributed by atoms with Crippen LogP contribution in [0.1, 0.15) is 11.4 Å². The molecule has 35 heavy (non-hydrogen) atoms. The molecule has 0 spiro atoms. The highest BCUT2D eigenvalue weighted by Crippen LogP contribution is 2.29. The van der Waals surface area contributed by atoms with E-state index in [-0.39, 0.29) is 24.1 Å². The van der Waals surface area contributed by atoms with Gasteiger partial charge in [0.25, 0.3) is 0 Å². The fraction of sp³-hybridized carbons (Fsp3) is 0.231. The maximum Gasteiger partial charge on any atom is 0.242 e. The van der Waals surface area contributed by atoms with Gasteiger partial charge in [0.05, 0.1) is 26.8 Å². The van der Waals surface area contributed by atoms with Crippen LogP contribution in [0.25, 0.3) is 11.0 Å². The van der Waals surface area contributed by atoms with Crippen molar-refractivity contribution in [3.05, 3.63) is 93.7 Å². The van der Waals surface area contributed by atoms with Crippen LogP contribution in [0.3, 0.4) is 0 Å². The Morgan fingerprint density at radius 2 is 1.60 bits per heavy atom. The van der Waals surface area contributed by atoms with Crippen molar-refractivity contribution in [2.24, 2.45) is 0 Å². The lowest BCUT2D eigenvalue weighted by molar-refractivity contribution is -0.132. The molecule has 4 aromatic rings. The Labute approximate surface area is 211 Å². The van der Waals surface area contributed by atoms with Crippen LogP contribution in [0, 0.1) is 11.6 Å². The summed E-state index contributed by atoms with van der Waals surface area (Å²) in [5.74, 6) is 0.0100. The van der Waals surface area contributed by atoms with E-state index in [1.165, 1.54) is 18.2 Å². The fourth-order valence-corrected chi connectivity index (χ4v) is 4.72. The number of para-hydroxylation sites is 1. The Morgan fingerprint density at radius 3 is 2.31 bits per heavy atom. The summed E-state index contributed by atoms with van der Waals surface area (Å²) in [4.78, 5) is 21.7. The molecule has 0 bridgehead atoms. The standard InChI is InChI=1S/C26H22Cl2F2N4O/c27-19-14-22-24(15-20(19)28)34(25(31-22)13-17-5-7-18(29)8-6-17)16-26(35)33-11-9-32(10-12-33)23-4-2-1-3-21(23)30/h1-8,14-15H,9-13,16H2. The summed E-state index contributed by atoms with van der Waals surface area (Å²) in [6.45, 7) is 2.13. The highest BCUT2D eigenvalue weighted by atomic mass is 35.5. The molecule has 1 aliphatic rings. The van der Waals surface area contributed by atoms with Crippen molar-refractivity contribution in [3.8, 4) is 0 Å². The molecule has 180 valence electrons. The van der Waals surface area contributed by atoms with Crippen LogP contribution in [0.5, 0.6) is 0 Å². The van der Waals surface area contributed by atoms with E-state index in [9.17, 15) is 13.6 Å². The zero-order chi connectivity index (χ0) is 24.5.